The van der Waals surface area contributed by atoms with Crippen molar-refractivity contribution in [1.29, 1.82) is 0 Å². The summed E-state index contributed by atoms with van der Waals surface area (Å²) in [6, 6.07) is 0. The molecule has 0 aliphatic heterocycles. The summed E-state index contributed by atoms with van der Waals surface area (Å²) in [6.45, 7) is 4.38. The molecule has 1 rings (SSSR count). The summed E-state index contributed by atoms with van der Waals surface area (Å²) in [7, 11) is 0. The van der Waals surface area contributed by atoms with E-state index in [-0.39, 0.29) is 0 Å². The second kappa shape index (κ2) is 2.96. The van der Waals surface area contributed by atoms with Gasteiger partial charge in [0, 0.05) is 4.88 Å². The fourth-order valence-corrected chi connectivity index (χ4v) is 2.64. The summed E-state index contributed by atoms with van der Waals surface area (Å²) < 4.78 is 1.16. The molecule has 0 bridgehead atoms. The fraction of sp³-hybridized carbons (Fsp3) is 0.500. The third-order valence-electron chi connectivity index (χ3n) is 1.07. The number of aromatic nitrogens is 1. The molecule has 0 spiro atoms. The molecule has 0 saturated heterocycles. The Hall–Kier alpha value is 0.360. The van der Waals surface area contributed by atoms with Crippen LogP contribution in [0.15, 0.2) is 5.51 Å². The van der Waals surface area contributed by atoms with E-state index in [4.69, 9.17) is 0 Å². The normalized spacial score (nSPS) is 10.7. The zero-order valence-electron chi connectivity index (χ0n) is 5.39. The second-order valence-electron chi connectivity index (χ2n) is 2.16. The van der Waals surface area contributed by atoms with E-state index in [0.717, 1.165) is 3.70 Å². The van der Waals surface area contributed by atoms with Crippen LogP contribution in [0.1, 0.15) is 24.6 Å². The first-order valence-electron chi connectivity index (χ1n) is 2.80. The predicted octanol–water partition coefficient (Wildman–Crippen LogP) is 2.87. The smallest absolute Gasteiger partial charge is 0.115 e. The van der Waals surface area contributed by atoms with E-state index in [1.54, 1.807) is 11.3 Å². The fourth-order valence-electron chi connectivity index (χ4n) is 0.616. The molecule has 1 nitrogen and oxygen atoms in total. The Labute approximate surface area is 72.6 Å². The Balaban J connectivity index is 2.94. The van der Waals surface area contributed by atoms with Gasteiger partial charge in [-0.25, -0.2) is 4.98 Å². The van der Waals surface area contributed by atoms with Gasteiger partial charge in [-0.15, -0.1) is 11.3 Å². The van der Waals surface area contributed by atoms with E-state index in [2.05, 4.69) is 41.4 Å². The van der Waals surface area contributed by atoms with Gasteiger partial charge >= 0.3 is 0 Å². The van der Waals surface area contributed by atoms with Gasteiger partial charge in [0.2, 0.25) is 0 Å². The third-order valence-corrected chi connectivity index (χ3v) is 3.43. The molecule has 3 heteroatoms. The molecule has 0 atom stereocenters. The van der Waals surface area contributed by atoms with Crippen molar-refractivity contribution in [1.82, 2.24) is 4.98 Å². The van der Waals surface area contributed by atoms with Crippen molar-refractivity contribution in [2.24, 2.45) is 0 Å². The van der Waals surface area contributed by atoms with E-state index in [9.17, 15) is 0 Å². The number of thiazole rings is 1. The number of hydrogen-bond acceptors (Lipinski definition) is 2. The van der Waals surface area contributed by atoms with E-state index in [1.807, 2.05) is 5.51 Å². The van der Waals surface area contributed by atoms with E-state index in [0.29, 0.717) is 5.92 Å². The summed E-state index contributed by atoms with van der Waals surface area (Å²) in [4.78, 5) is 5.54. The third kappa shape index (κ3) is 1.64. The van der Waals surface area contributed by atoms with Gasteiger partial charge in [-0.05, 0) is 28.5 Å². The van der Waals surface area contributed by atoms with Crippen LogP contribution in [0.3, 0.4) is 0 Å². The zero-order chi connectivity index (χ0) is 6.85. The molecule has 0 unspecified atom stereocenters. The summed E-state index contributed by atoms with van der Waals surface area (Å²) >= 11 is 4.01. The molecule has 0 radical (unpaired) electrons. The van der Waals surface area contributed by atoms with Crippen molar-refractivity contribution >= 4 is 33.9 Å². The molecule has 0 saturated carbocycles. The van der Waals surface area contributed by atoms with Crippen LogP contribution in [0.5, 0.6) is 0 Å². The minimum Gasteiger partial charge on any atom is -0.238 e. The van der Waals surface area contributed by atoms with Crippen molar-refractivity contribution in [2.45, 2.75) is 19.8 Å². The van der Waals surface area contributed by atoms with Crippen molar-refractivity contribution < 1.29 is 0 Å². The number of rotatable bonds is 1. The monoisotopic (exact) mass is 253 g/mol. The standard InChI is InChI=1S/C6H8INS/c1-4(2)5-6(7)8-3-9-5/h3-4H,1-2H3. The first-order valence-corrected chi connectivity index (χ1v) is 4.76. The van der Waals surface area contributed by atoms with Crippen molar-refractivity contribution in [3.05, 3.63) is 14.1 Å². The van der Waals surface area contributed by atoms with Gasteiger partial charge in [0.25, 0.3) is 0 Å². The molecule has 1 aromatic heterocycles. The Morgan fingerprint density at radius 2 is 2.33 bits per heavy atom. The van der Waals surface area contributed by atoms with Gasteiger partial charge in [0.1, 0.15) is 3.70 Å². The average molecular weight is 253 g/mol. The minimum atomic E-state index is 0.629. The molecule has 1 heterocycles. The molecule has 0 aliphatic rings. The summed E-state index contributed by atoms with van der Waals surface area (Å²) in [5.41, 5.74) is 1.90. The average Bonchev–Trinajstić information content (AvgIpc) is 2.13. The van der Waals surface area contributed by atoms with Gasteiger partial charge in [0.15, 0.2) is 0 Å². The Kier molecular flexibility index (Phi) is 2.46. The summed E-state index contributed by atoms with van der Waals surface area (Å²) in [5, 5.41) is 0. The number of nitrogens with zero attached hydrogens (tertiary/aromatic N) is 1. The lowest BCUT2D eigenvalue weighted by Gasteiger charge is -1.97. The summed E-state index contributed by atoms with van der Waals surface area (Å²) in [5.74, 6) is 0.629. The Bertz CT molecular complexity index is 195. The van der Waals surface area contributed by atoms with Crippen molar-refractivity contribution in [3.63, 3.8) is 0 Å². The number of halogens is 1. The maximum atomic E-state index is 4.14. The van der Waals surface area contributed by atoms with Gasteiger partial charge in [-0.3, -0.25) is 0 Å². The summed E-state index contributed by atoms with van der Waals surface area (Å²) in [6.07, 6.45) is 0. The predicted molar refractivity (Wildman–Crippen MR) is 48.9 cm³/mol. The number of hydrogen-bond donors (Lipinski definition) is 0. The highest BCUT2D eigenvalue weighted by molar-refractivity contribution is 14.1. The molecule has 0 amide bonds. The Morgan fingerprint density at radius 1 is 1.67 bits per heavy atom. The largest absolute Gasteiger partial charge is 0.238 e. The SMILES string of the molecule is CC(C)c1scnc1I. The second-order valence-corrected chi connectivity index (χ2v) is 4.07. The molecule has 0 fully saturated rings. The van der Waals surface area contributed by atoms with Crippen LogP contribution in [0.4, 0.5) is 0 Å². The van der Waals surface area contributed by atoms with Crippen LogP contribution >= 0.6 is 33.9 Å². The lowest BCUT2D eigenvalue weighted by Crippen LogP contribution is -1.84. The molecule has 0 aromatic carbocycles. The first kappa shape index (κ1) is 7.47. The zero-order valence-corrected chi connectivity index (χ0v) is 8.36. The first-order chi connectivity index (χ1) is 4.22. The van der Waals surface area contributed by atoms with Crippen molar-refractivity contribution in [3.8, 4) is 0 Å². The quantitative estimate of drug-likeness (QED) is 0.701. The lowest BCUT2D eigenvalue weighted by molar-refractivity contribution is 0.878. The van der Waals surface area contributed by atoms with Crippen LogP contribution in [-0.2, 0) is 0 Å². The highest BCUT2D eigenvalue weighted by atomic mass is 127. The molecule has 0 N–H and O–H groups in total. The molecule has 9 heavy (non-hydrogen) atoms. The van der Waals surface area contributed by atoms with E-state index >= 15 is 0 Å². The van der Waals surface area contributed by atoms with E-state index in [1.165, 1.54) is 4.88 Å². The van der Waals surface area contributed by atoms with Crippen LogP contribution in [0.2, 0.25) is 0 Å². The molecule has 1 aromatic rings. The molecule has 50 valence electrons. The van der Waals surface area contributed by atoms with Crippen LogP contribution < -0.4 is 0 Å². The van der Waals surface area contributed by atoms with Gasteiger partial charge in [0.05, 0.1) is 5.51 Å². The minimum absolute atomic E-state index is 0.629. The van der Waals surface area contributed by atoms with Gasteiger partial charge < -0.3 is 0 Å². The van der Waals surface area contributed by atoms with Crippen molar-refractivity contribution in [2.75, 3.05) is 0 Å². The van der Waals surface area contributed by atoms with Gasteiger partial charge in [-0.2, -0.15) is 0 Å². The maximum absolute atomic E-state index is 4.14. The van der Waals surface area contributed by atoms with Crippen LogP contribution in [0, 0.1) is 3.70 Å². The van der Waals surface area contributed by atoms with E-state index < -0.39 is 0 Å². The maximum Gasteiger partial charge on any atom is 0.115 e. The Morgan fingerprint density at radius 3 is 2.56 bits per heavy atom. The van der Waals surface area contributed by atoms with Gasteiger partial charge in [-0.1, -0.05) is 13.8 Å². The molecular formula is C6H8INS. The highest BCUT2D eigenvalue weighted by Gasteiger charge is 2.05. The van der Waals surface area contributed by atoms with Crippen LogP contribution in [-0.4, -0.2) is 4.98 Å². The lowest BCUT2D eigenvalue weighted by atomic mass is 10.2. The highest BCUT2D eigenvalue weighted by Crippen LogP contribution is 2.23. The topological polar surface area (TPSA) is 12.9 Å². The molecular weight excluding hydrogens is 245 g/mol. The molecule has 0 aliphatic carbocycles. The van der Waals surface area contributed by atoms with Crippen LogP contribution in [0.25, 0.3) is 0 Å².